The average molecular weight is 345 g/mol. The van der Waals surface area contributed by atoms with Crippen molar-refractivity contribution in [2.75, 3.05) is 34.4 Å². The van der Waals surface area contributed by atoms with Gasteiger partial charge in [0.2, 0.25) is 5.91 Å². The van der Waals surface area contributed by atoms with Crippen molar-refractivity contribution in [2.24, 2.45) is 5.92 Å². The second-order valence-electron chi connectivity index (χ2n) is 5.56. The molecule has 0 radical (unpaired) electrons. The fourth-order valence-electron chi connectivity index (χ4n) is 2.95. The lowest BCUT2D eigenvalue weighted by molar-refractivity contribution is -0.137. The molecule has 2 unspecified atom stereocenters. The number of nitrogens with one attached hydrogen (secondary N) is 1. The molecule has 1 heterocycles. The molecule has 23 heavy (non-hydrogen) atoms. The first-order valence-corrected chi connectivity index (χ1v) is 7.38. The van der Waals surface area contributed by atoms with Gasteiger partial charge in [-0.05, 0) is 19.2 Å². The van der Waals surface area contributed by atoms with Crippen LogP contribution < -0.4 is 14.8 Å². The van der Waals surface area contributed by atoms with Crippen LogP contribution in [0.4, 0.5) is 0 Å². The summed E-state index contributed by atoms with van der Waals surface area (Å²) in [6.07, 6.45) is -0.778. The van der Waals surface area contributed by atoms with E-state index in [1.165, 1.54) is 0 Å². The normalized spacial score (nSPS) is 17.8. The Bertz CT molecular complexity index is 553. The lowest BCUT2D eigenvalue weighted by Gasteiger charge is -2.35. The van der Waals surface area contributed by atoms with Gasteiger partial charge in [0.25, 0.3) is 0 Å². The quantitative estimate of drug-likeness (QED) is 0.844. The highest BCUT2D eigenvalue weighted by molar-refractivity contribution is 5.85. The summed E-state index contributed by atoms with van der Waals surface area (Å²) >= 11 is 0. The van der Waals surface area contributed by atoms with Gasteiger partial charge in [0, 0.05) is 30.1 Å². The van der Waals surface area contributed by atoms with E-state index in [2.05, 4.69) is 5.32 Å². The van der Waals surface area contributed by atoms with Gasteiger partial charge in [-0.15, -0.1) is 12.4 Å². The van der Waals surface area contributed by atoms with Crippen LogP contribution in [0, 0.1) is 5.92 Å². The number of aliphatic hydroxyl groups excluding tert-OH is 1. The van der Waals surface area contributed by atoms with Gasteiger partial charge in [-0.1, -0.05) is 6.92 Å². The van der Waals surface area contributed by atoms with E-state index in [-0.39, 0.29) is 30.8 Å². The molecule has 0 saturated carbocycles. The molecule has 2 rings (SSSR count). The van der Waals surface area contributed by atoms with Crippen LogP contribution in [0.2, 0.25) is 0 Å². The molecule has 6 nitrogen and oxygen atoms in total. The van der Waals surface area contributed by atoms with Gasteiger partial charge in [-0.2, -0.15) is 0 Å². The van der Waals surface area contributed by atoms with Crippen molar-refractivity contribution in [3.63, 3.8) is 0 Å². The maximum atomic E-state index is 12.5. The Kier molecular flexibility index (Phi) is 7.12. The third kappa shape index (κ3) is 3.88. The van der Waals surface area contributed by atoms with Crippen LogP contribution in [0.5, 0.6) is 11.5 Å². The number of carbonyl (C=O) groups excluding carboxylic acids is 1. The number of carbonyl (C=O) groups is 1. The fraction of sp³-hybridized carbons (Fsp3) is 0.562. The van der Waals surface area contributed by atoms with Crippen molar-refractivity contribution in [1.82, 2.24) is 10.2 Å². The third-order valence-electron chi connectivity index (χ3n) is 4.03. The van der Waals surface area contributed by atoms with Crippen molar-refractivity contribution in [1.29, 1.82) is 0 Å². The Morgan fingerprint density at radius 1 is 1.39 bits per heavy atom. The maximum absolute atomic E-state index is 12.5. The number of fused-ring (bicyclic) bond motifs is 1. The number of hydrogen-bond donors (Lipinski definition) is 2. The van der Waals surface area contributed by atoms with E-state index in [0.717, 1.165) is 5.56 Å². The molecule has 2 N–H and O–H groups in total. The Morgan fingerprint density at radius 2 is 2.00 bits per heavy atom. The number of halogens is 1. The molecule has 0 spiro atoms. The molecular weight excluding hydrogens is 320 g/mol. The van der Waals surface area contributed by atoms with E-state index >= 15 is 0 Å². The van der Waals surface area contributed by atoms with Crippen molar-refractivity contribution in [3.05, 3.63) is 23.3 Å². The summed E-state index contributed by atoms with van der Waals surface area (Å²) in [5.74, 6) is 1.16. The van der Waals surface area contributed by atoms with Crippen LogP contribution in [-0.4, -0.2) is 50.3 Å². The maximum Gasteiger partial charge on any atom is 0.227 e. The smallest absolute Gasteiger partial charge is 0.227 e. The first-order valence-electron chi connectivity index (χ1n) is 7.38. The predicted octanol–water partition coefficient (Wildman–Crippen LogP) is 1.36. The van der Waals surface area contributed by atoms with Crippen LogP contribution in [-0.2, 0) is 11.3 Å². The molecule has 7 heteroatoms. The van der Waals surface area contributed by atoms with Gasteiger partial charge in [-0.3, -0.25) is 4.79 Å². The summed E-state index contributed by atoms with van der Waals surface area (Å²) in [6, 6.07) is 3.58. The number of amides is 1. The molecule has 1 aromatic carbocycles. The first-order chi connectivity index (χ1) is 10.5. The molecule has 1 aromatic rings. The zero-order chi connectivity index (χ0) is 16.3. The number of methoxy groups -OCH3 is 2. The predicted molar refractivity (Wildman–Crippen MR) is 90.3 cm³/mol. The largest absolute Gasteiger partial charge is 0.496 e. The molecule has 0 fully saturated rings. The summed E-state index contributed by atoms with van der Waals surface area (Å²) in [6.45, 7) is 3.17. The molecule has 0 saturated heterocycles. The highest BCUT2D eigenvalue weighted by Gasteiger charge is 2.33. The zero-order valence-electron chi connectivity index (χ0n) is 14.0. The number of β-amino-alcohol motifs (C(OH)–C–C–N with tert-alkyl or cyclic N) is 1. The lowest BCUT2D eigenvalue weighted by atomic mass is 9.94. The van der Waals surface area contributed by atoms with Crippen molar-refractivity contribution < 1.29 is 19.4 Å². The summed E-state index contributed by atoms with van der Waals surface area (Å²) in [7, 11) is 4.97. The molecule has 0 aromatic heterocycles. The zero-order valence-corrected chi connectivity index (χ0v) is 14.8. The topological polar surface area (TPSA) is 71.0 Å². The first kappa shape index (κ1) is 19.5. The second kappa shape index (κ2) is 8.38. The SMILES string of the molecule is CNCC(C)C(=O)N1Cc2c(OC)ccc(OC)c2C(O)C1.Cl. The lowest BCUT2D eigenvalue weighted by Crippen LogP contribution is -2.43. The van der Waals surface area contributed by atoms with Crippen molar-refractivity contribution >= 4 is 18.3 Å². The number of nitrogens with zero attached hydrogens (tertiary/aromatic N) is 1. The summed E-state index contributed by atoms with van der Waals surface area (Å²) in [5.41, 5.74) is 1.53. The van der Waals surface area contributed by atoms with Gasteiger partial charge in [0.15, 0.2) is 0 Å². The van der Waals surface area contributed by atoms with Gasteiger partial charge >= 0.3 is 0 Å². The van der Waals surface area contributed by atoms with Crippen LogP contribution in [0.15, 0.2) is 12.1 Å². The Morgan fingerprint density at radius 3 is 2.57 bits per heavy atom. The summed E-state index contributed by atoms with van der Waals surface area (Å²) in [4.78, 5) is 14.2. The molecule has 1 amide bonds. The van der Waals surface area contributed by atoms with Gasteiger partial charge in [-0.25, -0.2) is 0 Å². The molecule has 2 atom stereocenters. The van der Waals surface area contributed by atoms with Crippen LogP contribution >= 0.6 is 12.4 Å². The van der Waals surface area contributed by atoms with Gasteiger partial charge < -0.3 is 24.8 Å². The van der Waals surface area contributed by atoms with E-state index in [4.69, 9.17) is 9.47 Å². The standard InChI is InChI=1S/C16H24N2O4.ClH/c1-10(7-17-2)16(20)18-8-11-13(21-3)5-6-14(22-4)15(11)12(19)9-18;/h5-6,10,12,17,19H,7-9H2,1-4H3;1H. The van der Waals surface area contributed by atoms with E-state index in [1.807, 2.05) is 14.0 Å². The summed E-state index contributed by atoms with van der Waals surface area (Å²) < 4.78 is 10.7. The second-order valence-corrected chi connectivity index (χ2v) is 5.56. The molecule has 130 valence electrons. The Hall–Kier alpha value is -1.50. The van der Waals surface area contributed by atoms with Gasteiger partial charge in [0.1, 0.15) is 17.6 Å². The number of aliphatic hydroxyl groups is 1. The van der Waals surface area contributed by atoms with E-state index in [1.54, 1.807) is 31.3 Å². The number of hydrogen-bond acceptors (Lipinski definition) is 5. The Labute approximate surface area is 143 Å². The average Bonchev–Trinajstić information content (AvgIpc) is 2.53. The molecule has 1 aliphatic rings. The highest BCUT2D eigenvalue weighted by atomic mass is 35.5. The fourth-order valence-corrected chi connectivity index (χ4v) is 2.95. The molecule has 1 aliphatic heterocycles. The molecule has 0 bridgehead atoms. The van der Waals surface area contributed by atoms with Crippen molar-refractivity contribution in [3.8, 4) is 11.5 Å². The van der Waals surface area contributed by atoms with Gasteiger partial charge in [0.05, 0.1) is 20.8 Å². The minimum atomic E-state index is -0.778. The van der Waals surface area contributed by atoms with E-state index < -0.39 is 6.10 Å². The molecular formula is C16H25ClN2O4. The van der Waals surface area contributed by atoms with Crippen LogP contribution in [0.1, 0.15) is 24.2 Å². The number of benzene rings is 1. The van der Waals surface area contributed by atoms with Crippen LogP contribution in [0.25, 0.3) is 0 Å². The minimum absolute atomic E-state index is 0. The monoisotopic (exact) mass is 344 g/mol. The van der Waals surface area contributed by atoms with E-state index in [9.17, 15) is 9.90 Å². The third-order valence-corrected chi connectivity index (χ3v) is 4.03. The molecule has 0 aliphatic carbocycles. The van der Waals surface area contributed by atoms with Crippen molar-refractivity contribution in [2.45, 2.75) is 19.6 Å². The Balaban J connectivity index is 0.00000264. The van der Waals surface area contributed by atoms with Crippen LogP contribution in [0.3, 0.4) is 0 Å². The number of rotatable bonds is 5. The highest BCUT2D eigenvalue weighted by Crippen LogP contribution is 2.39. The number of ether oxygens (including phenoxy) is 2. The minimum Gasteiger partial charge on any atom is -0.496 e. The van der Waals surface area contributed by atoms with E-state index in [0.29, 0.717) is 30.2 Å². The summed E-state index contributed by atoms with van der Waals surface area (Å²) in [5, 5.41) is 13.5.